The number of aryl methyl sites for hydroxylation is 1. The van der Waals surface area contributed by atoms with Gasteiger partial charge in [-0.3, -0.25) is 9.59 Å². The van der Waals surface area contributed by atoms with E-state index in [2.05, 4.69) is 5.32 Å². The number of benzene rings is 2. The summed E-state index contributed by atoms with van der Waals surface area (Å²) in [7, 11) is 0. The van der Waals surface area contributed by atoms with Crippen LogP contribution in [0.3, 0.4) is 0 Å². The summed E-state index contributed by atoms with van der Waals surface area (Å²) in [6.45, 7) is 3.06. The average Bonchev–Trinajstić information content (AvgIpc) is 2.57. The molecule has 0 aromatic heterocycles. The SMILES string of the molecule is CCc1ccccc1NC(=O)CCN(C(C)=O)c1c(F)cccc1F. The van der Waals surface area contributed by atoms with Gasteiger partial charge in [0.25, 0.3) is 0 Å². The summed E-state index contributed by atoms with van der Waals surface area (Å²) in [6, 6.07) is 10.8. The molecule has 0 spiro atoms. The Balaban J connectivity index is 2.09. The van der Waals surface area contributed by atoms with Gasteiger partial charge in [-0.1, -0.05) is 31.2 Å². The topological polar surface area (TPSA) is 49.4 Å². The molecule has 6 heteroatoms. The zero-order chi connectivity index (χ0) is 18.4. The first-order chi connectivity index (χ1) is 11.9. The molecule has 0 aliphatic rings. The third-order valence-electron chi connectivity index (χ3n) is 3.82. The molecule has 0 saturated heterocycles. The minimum Gasteiger partial charge on any atom is -0.326 e. The van der Waals surface area contributed by atoms with E-state index in [-0.39, 0.29) is 18.9 Å². The highest BCUT2D eigenvalue weighted by Gasteiger charge is 2.21. The Kier molecular flexibility index (Phi) is 6.22. The lowest BCUT2D eigenvalue weighted by Crippen LogP contribution is -2.33. The fourth-order valence-corrected chi connectivity index (χ4v) is 2.55. The van der Waals surface area contributed by atoms with E-state index >= 15 is 0 Å². The van der Waals surface area contributed by atoms with Gasteiger partial charge in [0.2, 0.25) is 11.8 Å². The second-order valence-corrected chi connectivity index (χ2v) is 5.55. The Labute approximate surface area is 145 Å². The lowest BCUT2D eigenvalue weighted by molar-refractivity contribution is -0.117. The molecule has 0 fully saturated rings. The zero-order valence-electron chi connectivity index (χ0n) is 14.2. The smallest absolute Gasteiger partial charge is 0.226 e. The van der Waals surface area contributed by atoms with Crippen molar-refractivity contribution in [2.24, 2.45) is 0 Å². The van der Waals surface area contributed by atoms with Crippen molar-refractivity contribution in [3.05, 3.63) is 59.7 Å². The predicted molar refractivity (Wildman–Crippen MR) is 93.5 cm³/mol. The summed E-state index contributed by atoms with van der Waals surface area (Å²) in [5, 5.41) is 2.77. The van der Waals surface area contributed by atoms with E-state index in [1.165, 1.54) is 13.0 Å². The lowest BCUT2D eigenvalue weighted by Gasteiger charge is -2.22. The van der Waals surface area contributed by atoms with Gasteiger partial charge in [-0.2, -0.15) is 0 Å². The van der Waals surface area contributed by atoms with Crippen LogP contribution in [0.15, 0.2) is 42.5 Å². The zero-order valence-corrected chi connectivity index (χ0v) is 14.2. The molecule has 1 N–H and O–H groups in total. The van der Waals surface area contributed by atoms with Crippen LogP contribution in [0.25, 0.3) is 0 Å². The number of carbonyl (C=O) groups is 2. The molecular weight excluding hydrogens is 326 g/mol. The van der Waals surface area contributed by atoms with Gasteiger partial charge in [-0.15, -0.1) is 0 Å². The van der Waals surface area contributed by atoms with Crippen molar-refractivity contribution in [1.82, 2.24) is 0 Å². The fourth-order valence-electron chi connectivity index (χ4n) is 2.55. The molecule has 2 aromatic rings. The molecule has 25 heavy (non-hydrogen) atoms. The van der Waals surface area contributed by atoms with Crippen LogP contribution in [0, 0.1) is 11.6 Å². The number of hydrogen-bond donors (Lipinski definition) is 1. The van der Waals surface area contributed by atoms with E-state index in [0.29, 0.717) is 5.69 Å². The minimum atomic E-state index is -0.841. The number of hydrogen-bond acceptors (Lipinski definition) is 2. The first-order valence-electron chi connectivity index (χ1n) is 8.04. The van der Waals surface area contributed by atoms with Crippen LogP contribution in [-0.4, -0.2) is 18.4 Å². The van der Waals surface area contributed by atoms with Crippen molar-refractivity contribution in [2.45, 2.75) is 26.7 Å². The van der Waals surface area contributed by atoms with Gasteiger partial charge in [0.05, 0.1) is 0 Å². The minimum absolute atomic E-state index is 0.0780. The maximum atomic E-state index is 13.9. The number of amides is 2. The largest absolute Gasteiger partial charge is 0.326 e. The van der Waals surface area contributed by atoms with Crippen molar-refractivity contribution < 1.29 is 18.4 Å². The second kappa shape index (κ2) is 8.37. The highest BCUT2D eigenvalue weighted by atomic mass is 19.1. The molecule has 0 bridgehead atoms. The molecule has 2 rings (SSSR count). The quantitative estimate of drug-likeness (QED) is 0.862. The summed E-state index contributed by atoms with van der Waals surface area (Å²) < 4.78 is 27.8. The van der Waals surface area contributed by atoms with E-state index in [1.807, 2.05) is 25.1 Å². The van der Waals surface area contributed by atoms with Crippen LogP contribution in [-0.2, 0) is 16.0 Å². The molecule has 0 unspecified atom stereocenters. The van der Waals surface area contributed by atoms with Crippen LogP contribution < -0.4 is 10.2 Å². The van der Waals surface area contributed by atoms with Crippen molar-refractivity contribution >= 4 is 23.2 Å². The third kappa shape index (κ3) is 4.62. The summed E-state index contributed by atoms with van der Waals surface area (Å²) in [4.78, 5) is 24.9. The molecule has 2 amide bonds. The van der Waals surface area contributed by atoms with Crippen LogP contribution >= 0.6 is 0 Å². The highest BCUT2D eigenvalue weighted by Crippen LogP contribution is 2.24. The van der Waals surface area contributed by atoms with Crippen molar-refractivity contribution in [3.63, 3.8) is 0 Å². The lowest BCUT2D eigenvalue weighted by atomic mass is 10.1. The van der Waals surface area contributed by atoms with Crippen molar-refractivity contribution in [3.8, 4) is 0 Å². The van der Waals surface area contributed by atoms with Gasteiger partial charge in [0.15, 0.2) is 0 Å². The summed E-state index contributed by atoms with van der Waals surface area (Å²) in [5.41, 5.74) is 1.25. The highest BCUT2D eigenvalue weighted by molar-refractivity contribution is 5.95. The molecule has 0 atom stereocenters. The molecular formula is C19H20F2N2O2. The predicted octanol–water partition coefficient (Wildman–Crippen LogP) is 3.91. The van der Waals surface area contributed by atoms with Crippen LogP contribution in [0.4, 0.5) is 20.2 Å². The van der Waals surface area contributed by atoms with Crippen molar-refractivity contribution in [1.29, 1.82) is 0 Å². The number of nitrogens with one attached hydrogen (secondary N) is 1. The maximum Gasteiger partial charge on any atom is 0.226 e. The Morgan fingerprint density at radius 3 is 2.28 bits per heavy atom. The average molecular weight is 346 g/mol. The van der Waals surface area contributed by atoms with Crippen LogP contribution in [0.5, 0.6) is 0 Å². The van der Waals surface area contributed by atoms with Gasteiger partial charge in [0, 0.05) is 25.6 Å². The Hall–Kier alpha value is -2.76. The number of rotatable bonds is 6. The van der Waals surface area contributed by atoms with E-state index < -0.39 is 23.2 Å². The maximum absolute atomic E-state index is 13.9. The molecule has 4 nitrogen and oxygen atoms in total. The normalized spacial score (nSPS) is 10.4. The summed E-state index contributed by atoms with van der Waals surface area (Å²) >= 11 is 0. The molecule has 0 saturated carbocycles. The summed E-state index contributed by atoms with van der Waals surface area (Å²) in [5.74, 6) is -2.55. The van der Waals surface area contributed by atoms with Gasteiger partial charge in [-0.25, -0.2) is 8.78 Å². The molecule has 0 aliphatic carbocycles. The third-order valence-corrected chi connectivity index (χ3v) is 3.82. The summed E-state index contributed by atoms with van der Waals surface area (Å²) in [6.07, 6.45) is 0.682. The molecule has 0 heterocycles. The molecule has 0 aliphatic heterocycles. The monoisotopic (exact) mass is 346 g/mol. The van der Waals surface area contributed by atoms with Gasteiger partial charge in [0.1, 0.15) is 17.3 Å². The van der Waals surface area contributed by atoms with E-state index in [4.69, 9.17) is 0 Å². The first kappa shape index (κ1) is 18.6. The number of para-hydroxylation sites is 2. The first-order valence-corrected chi connectivity index (χ1v) is 8.04. The van der Waals surface area contributed by atoms with E-state index in [9.17, 15) is 18.4 Å². The standard InChI is InChI=1S/C19H20F2N2O2/c1-3-14-7-4-5-10-17(14)22-18(25)11-12-23(13(2)24)19-15(20)8-6-9-16(19)21/h4-10H,3,11-12H2,1-2H3,(H,22,25). The van der Waals surface area contributed by atoms with Crippen molar-refractivity contribution in [2.75, 3.05) is 16.8 Å². The fraction of sp³-hybridized carbons (Fsp3) is 0.263. The Morgan fingerprint density at radius 2 is 1.68 bits per heavy atom. The van der Waals surface area contributed by atoms with Gasteiger partial charge >= 0.3 is 0 Å². The molecule has 0 radical (unpaired) electrons. The Morgan fingerprint density at radius 1 is 1.04 bits per heavy atom. The number of halogens is 2. The number of anilines is 2. The number of carbonyl (C=O) groups excluding carboxylic acids is 2. The van der Waals surface area contributed by atoms with Crippen LogP contribution in [0.1, 0.15) is 25.8 Å². The molecule has 2 aromatic carbocycles. The van der Waals surface area contributed by atoms with E-state index in [1.54, 1.807) is 6.07 Å². The van der Waals surface area contributed by atoms with Crippen LogP contribution in [0.2, 0.25) is 0 Å². The number of nitrogens with zero attached hydrogens (tertiary/aromatic N) is 1. The Bertz CT molecular complexity index is 758. The van der Waals surface area contributed by atoms with Gasteiger partial charge < -0.3 is 10.2 Å². The van der Waals surface area contributed by atoms with Gasteiger partial charge in [-0.05, 0) is 30.2 Å². The molecule has 132 valence electrons. The van der Waals surface area contributed by atoms with E-state index in [0.717, 1.165) is 29.0 Å². The second-order valence-electron chi connectivity index (χ2n) is 5.55.